The molecule has 1 fully saturated rings. The molecule has 1 aliphatic heterocycles. The molecule has 12 heteroatoms. The Kier molecular flexibility index (Phi) is 10.5. The van der Waals surface area contributed by atoms with E-state index in [1.165, 1.54) is 36.8 Å². The van der Waals surface area contributed by atoms with E-state index in [2.05, 4.69) is 10.6 Å². The van der Waals surface area contributed by atoms with Gasteiger partial charge < -0.3 is 25.5 Å². The van der Waals surface area contributed by atoms with E-state index >= 15 is 0 Å². The van der Waals surface area contributed by atoms with Crippen LogP contribution < -0.4 is 10.6 Å². The molecule has 0 radical (unpaired) electrons. The number of nitrogens with zero attached hydrogens (tertiary/aromatic N) is 2. The average molecular weight is 531 g/mol. The highest BCUT2D eigenvalue weighted by Gasteiger charge is 2.30. The van der Waals surface area contributed by atoms with E-state index in [0.717, 1.165) is 4.90 Å². The van der Waals surface area contributed by atoms with Crippen LogP contribution in [0.3, 0.4) is 0 Å². The number of carbonyl (C=O) groups excluding carboxylic acids is 3. The maximum absolute atomic E-state index is 12.6. The van der Waals surface area contributed by atoms with Crippen molar-refractivity contribution >= 4 is 64.9 Å². The summed E-state index contributed by atoms with van der Waals surface area (Å²) in [6.45, 7) is 0.483. The van der Waals surface area contributed by atoms with Crippen molar-refractivity contribution in [3.05, 3.63) is 33.8 Å². The van der Waals surface area contributed by atoms with Crippen LogP contribution in [-0.2, 0) is 14.4 Å². The minimum absolute atomic E-state index is 0.213. The highest BCUT2D eigenvalue weighted by Crippen LogP contribution is 2.35. The first-order valence-corrected chi connectivity index (χ1v) is 12.5. The summed E-state index contributed by atoms with van der Waals surface area (Å²) in [5, 5.41) is 15.1. The standard InChI is InChI=1S/C22H28Cl2N4O5S/c1-27(2)22(33)25-12-15(21(31)32)26-20(30)14-8-10-28(11-9-14)17(29)7-5-13-4-6-16(34-3)19(24)18(13)23/h4-7,14-15H,8-12H2,1-3H3,(H,25,33)(H,26,30)(H,31,32). The molecule has 1 aromatic carbocycles. The number of halogens is 2. The number of nitrogens with one attached hydrogen (secondary N) is 2. The molecule has 186 valence electrons. The van der Waals surface area contributed by atoms with Gasteiger partial charge in [0.05, 0.1) is 16.6 Å². The summed E-state index contributed by atoms with van der Waals surface area (Å²) < 4.78 is 0. The average Bonchev–Trinajstić information content (AvgIpc) is 2.81. The van der Waals surface area contributed by atoms with E-state index in [-0.39, 0.29) is 12.5 Å². The molecule has 9 nitrogen and oxygen atoms in total. The first-order chi connectivity index (χ1) is 16.0. The number of hydrogen-bond donors (Lipinski definition) is 3. The summed E-state index contributed by atoms with van der Waals surface area (Å²) in [4.78, 5) is 51.9. The fraction of sp³-hybridized carbons (Fsp3) is 0.455. The lowest BCUT2D eigenvalue weighted by atomic mass is 9.95. The monoisotopic (exact) mass is 530 g/mol. The highest BCUT2D eigenvalue weighted by atomic mass is 35.5. The van der Waals surface area contributed by atoms with Gasteiger partial charge in [-0.3, -0.25) is 9.59 Å². The van der Waals surface area contributed by atoms with Crippen molar-refractivity contribution in [2.75, 3.05) is 40.0 Å². The minimum Gasteiger partial charge on any atom is -0.480 e. The van der Waals surface area contributed by atoms with Gasteiger partial charge in [-0.1, -0.05) is 29.3 Å². The van der Waals surface area contributed by atoms with Crippen molar-refractivity contribution in [1.82, 2.24) is 20.4 Å². The number of likely N-dealkylation sites (tertiary alicyclic amines) is 1. The Morgan fingerprint density at radius 3 is 2.41 bits per heavy atom. The zero-order chi connectivity index (χ0) is 25.4. The Hall–Kier alpha value is -2.43. The van der Waals surface area contributed by atoms with Crippen LogP contribution in [0, 0.1) is 5.92 Å². The molecule has 1 aliphatic rings. The van der Waals surface area contributed by atoms with Crippen molar-refractivity contribution in [2.45, 2.75) is 23.8 Å². The summed E-state index contributed by atoms with van der Waals surface area (Å²) >= 11 is 14.0. The summed E-state index contributed by atoms with van der Waals surface area (Å²) in [7, 11) is 3.05. The minimum atomic E-state index is -1.24. The van der Waals surface area contributed by atoms with E-state index in [1.807, 2.05) is 12.3 Å². The van der Waals surface area contributed by atoms with E-state index in [4.69, 9.17) is 23.2 Å². The molecular weight excluding hydrogens is 503 g/mol. The number of carboxylic acids is 1. The Morgan fingerprint density at radius 2 is 1.85 bits per heavy atom. The molecule has 1 heterocycles. The molecule has 2 rings (SSSR count). The lowest BCUT2D eigenvalue weighted by Gasteiger charge is -2.31. The zero-order valence-corrected chi connectivity index (χ0v) is 21.5. The van der Waals surface area contributed by atoms with E-state index in [9.17, 15) is 24.3 Å². The van der Waals surface area contributed by atoms with Gasteiger partial charge in [0.15, 0.2) is 0 Å². The Bertz CT molecular complexity index is 965. The van der Waals surface area contributed by atoms with Gasteiger partial charge in [0.2, 0.25) is 11.8 Å². The quantitative estimate of drug-likeness (QED) is 0.351. The predicted molar refractivity (Wildman–Crippen MR) is 133 cm³/mol. The number of benzene rings is 1. The first kappa shape index (κ1) is 27.8. The molecule has 0 spiro atoms. The fourth-order valence-electron chi connectivity index (χ4n) is 3.30. The Labute approximate surface area is 212 Å². The molecule has 0 bridgehead atoms. The second-order valence-electron chi connectivity index (χ2n) is 7.90. The van der Waals surface area contributed by atoms with Crippen molar-refractivity contribution in [1.29, 1.82) is 0 Å². The Morgan fingerprint density at radius 1 is 1.21 bits per heavy atom. The summed E-state index contributed by atoms with van der Waals surface area (Å²) in [5.41, 5.74) is 0.633. The molecule has 1 unspecified atom stereocenters. The van der Waals surface area contributed by atoms with Crippen LogP contribution in [0.2, 0.25) is 10.0 Å². The van der Waals surface area contributed by atoms with Gasteiger partial charge in [-0.2, -0.15) is 0 Å². The zero-order valence-electron chi connectivity index (χ0n) is 19.1. The number of piperidine rings is 1. The molecule has 3 N–H and O–H groups in total. The Balaban J connectivity index is 1.89. The summed E-state index contributed by atoms with van der Waals surface area (Å²) in [6, 6.07) is 1.93. The van der Waals surface area contributed by atoms with Gasteiger partial charge in [0, 0.05) is 44.1 Å². The topological polar surface area (TPSA) is 119 Å². The summed E-state index contributed by atoms with van der Waals surface area (Å²) in [6.07, 6.45) is 5.72. The number of aliphatic carboxylic acids is 1. The molecule has 0 aliphatic carbocycles. The van der Waals surface area contributed by atoms with Gasteiger partial charge in [-0.05, 0) is 36.8 Å². The van der Waals surface area contributed by atoms with Crippen LogP contribution in [-0.4, -0.2) is 84.7 Å². The molecule has 0 saturated carbocycles. The number of carboxylic acid groups (broad SMARTS) is 1. The van der Waals surface area contributed by atoms with Crippen molar-refractivity contribution in [3.8, 4) is 0 Å². The van der Waals surface area contributed by atoms with Crippen molar-refractivity contribution in [2.24, 2.45) is 5.92 Å². The first-order valence-electron chi connectivity index (χ1n) is 10.5. The largest absolute Gasteiger partial charge is 0.480 e. The van der Waals surface area contributed by atoms with E-state index < -0.39 is 29.9 Å². The maximum atomic E-state index is 12.6. The van der Waals surface area contributed by atoms with Gasteiger partial charge in [-0.25, -0.2) is 9.59 Å². The molecule has 1 atom stereocenters. The van der Waals surface area contributed by atoms with E-state index in [0.29, 0.717) is 41.5 Å². The molecule has 34 heavy (non-hydrogen) atoms. The lowest BCUT2D eigenvalue weighted by molar-refractivity contribution is -0.142. The molecule has 4 amide bonds. The smallest absolute Gasteiger partial charge is 0.328 e. The normalized spacial score (nSPS) is 15.1. The van der Waals surface area contributed by atoms with Crippen LogP contribution >= 0.6 is 35.0 Å². The van der Waals surface area contributed by atoms with E-state index in [1.54, 1.807) is 17.0 Å². The summed E-state index contributed by atoms with van der Waals surface area (Å²) in [5.74, 6) is -2.29. The number of amides is 4. The molecule has 1 aromatic rings. The van der Waals surface area contributed by atoms with Crippen LogP contribution in [0.1, 0.15) is 18.4 Å². The van der Waals surface area contributed by atoms with Gasteiger partial charge in [0.25, 0.3) is 0 Å². The van der Waals surface area contributed by atoms with Crippen molar-refractivity contribution in [3.63, 3.8) is 0 Å². The predicted octanol–water partition coefficient (Wildman–Crippen LogP) is 2.81. The second kappa shape index (κ2) is 12.9. The second-order valence-corrected chi connectivity index (χ2v) is 9.50. The lowest BCUT2D eigenvalue weighted by Crippen LogP contribution is -2.52. The highest BCUT2D eigenvalue weighted by molar-refractivity contribution is 7.98. The fourth-order valence-corrected chi connectivity index (χ4v) is 4.47. The maximum Gasteiger partial charge on any atom is 0.328 e. The third-order valence-corrected chi connectivity index (χ3v) is 7.15. The van der Waals surface area contributed by atoms with Crippen LogP contribution in [0.15, 0.2) is 23.1 Å². The van der Waals surface area contributed by atoms with Gasteiger partial charge in [-0.15, -0.1) is 11.8 Å². The molecule has 0 aromatic heterocycles. The molecular formula is C22H28Cl2N4O5S. The number of urea groups is 1. The van der Waals surface area contributed by atoms with Crippen molar-refractivity contribution < 1.29 is 24.3 Å². The van der Waals surface area contributed by atoms with Crippen LogP contribution in [0.4, 0.5) is 4.79 Å². The molecule has 1 saturated heterocycles. The third kappa shape index (κ3) is 7.54. The van der Waals surface area contributed by atoms with Gasteiger partial charge >= 0.3 is 12.0 Å². The van der Waals surface area contributed by atoms with Crippen LogP contribution in [0.25, 0.3) is 6.08 Å². The number of hydrogen-bond acceptors (Lipinski definition) is 5. The van der Waals surface area contributed by atoms with Crippen LogP contribution in [0.5, 0.6) is 0 Å². The van der Waals surface area contributed by atoms with Gasteiger partial charge in [0.1, 0.15) is 6.04 Å². The number of carbonyl (C=O) groups is 4. The SMILES string of the molecule is CSc1ccc(C=CC(=O)N2CCC(C(=O)NC(CNC(=O)N(C)C)C(=O)O)CC2)c(Cl)c1Cl. The third-order valence-electron chi connectivity index (χ3n) is 5.36. The number of rotatable bonds is 8. The number of thioether (sulfide) groups is 1.